The number of aliphatic hydroxyl groups excluding tert-OH is 1. The molecule has 0 aliphatic heterocycles. The number of pyridine rings is 1. The topological polar surface area (TPSA) is 85.3 Å². The van der Waals surface area contributed by atoms with E-state index in [2.05, 4.69) is 10.3 Å². The fraction of sp³-hybridized carbons (Fsp3) is 0.231. The van der Waals surface area contributed by atoms with Crippen LogP contribution in [0.4, 0.5) is 5.69 Å². The third-order valence-electron chi connectivity index (χ3n) is 2.86. The maximum absolute atomic E-state index is 11.1. The van der Waals surface area contributed by atoms with Gasteiger partial charge < -0.3 is 20.3 Å². The number of anilines is 1. The van der Waals surface area contributed by atoms with Crippen molar-refractivity contribution < 1.29 is 15.0 Å². The van der Waals surface area contributed by atoms with Crippen molar-refractivity contribution in [2.24, 2.45) is 0 Å². The van der Waals surface area contributed by atoms with Crippen LogP contribution in [0.3, 0.4) is 0 Å². The Morgan fingerprint density at radius 1 is 1.53 bits per heavy atom. The fourth-order valence-corrected chi connectivity index (χ4v) is 2.06. The summed E-state index contributed by atoms with van der Waals surface area (Å²) >= 11 is 6.02. The Morgan fingerprint density at radius 2 is 2.26 bits per heavy atom. The van der Waals surface area contributed by atoms with Crippen LogP contribution in [0.1, 0.15) is 15.9 Å². The number of rotatable bonds is 4. The van der Waals surface area contributed by atoms with Crippen molar-refractivity contribution in [1.29, 1.82) is 0 Å². The molecule has 0 fully saturated rings. The van der Waals surface area contributed by atoms with E-state index >= 15 is 0 Å². The predicted molar refractivity (Wildman–Crippen MR) is 71.4 cm³/mol. The van der Waals surface area contributed by atoms with Gasteiger partial charge in [-0.15, -0.1) is 0 Å². The first-order valence-electron chi connectivity index (χ1n) is 5.70. The van der Waals surface area contributed by atoms with E-state index < -0.39 is 5.97 Å². The average molecular weight is 280 g/mol. The molecule has 2 N–H and O–H groups in total. The van der Waals surface area contributed by atoms with Gasteiger partial charge in [-0.25, -0.2) is 0 Å². The van der Waals surface area contributed by atoms with Gasteiger partial charge in [-0.2, -0.15) is 0 Å². The molecule has 2 rings (SSSR count). The second-order valence-corrected chi connectivity index (χ2v) is 4.46. The summed E-state index contributed by atoms with van der Waals surface area (Å²) in [5.41, 5.74) is 1.75. The number of carbonyl (C=O) groups excluding carboxylic acids is 1. The Labute approximate surface area is 114 Å². The number of carboxylic acids is 1. The van der Waals surface area contributed by atoms with Gasteiger partial charge in [0.1, 0.15) is 0 Å². The summed E-state index contributed by atoms with van der Waals surface area (Å²) in [7, 11) is 0. The van der Waals surface area contributed by atoms with Crippen LogP contribution in [0.25, 0.3) is 10.9 Å². The van der Waals surface area contributed by atoms with E-state index in [9.17, 15) is 9.90 Å². The highest BCUT2D eigenvalue weighted by molar-refractivity contribution is 6.32. The van der Waals surface area contributed by atoms with Gasteiger partial charge in [0, 0.05) is 28.7 Å². The number of fused-ring (bicyclic) bond motifs is 1. The third-order valence-corrected chi connectivity index (χ3v) is 3.27. The van der Waals surface area contributed by atoms with Gasteiger partial charge in [0.05, 0.1) is 23.8 Å². The van der Waals surface area contributed by atoms with Crippen LogP contribution < -0.4 is 10.4 Å². The lowest BCUT2D eigenvalue weighted by Crippen LogP contribution is -2.24. The first kappa shape index (κ1) is 13.6. The van der Waals surface area contributed by atoms with Gasteiger partial charge in [-0.3, -0.25) is 4.98 Å². The summed E-state index contributed by atoms with van der Waals surface area (Å²) in [4.78, 5) is 15.2. The van der Waals surface area contributed by atoms with Crippen molar-refractivity contribution in [1.82, 2.24) is 4.98 Å². The minimum absolute atomic E-state index is 0.0392. The van der Waals surface area contributed by atoms with Crippen LogP contribution >= 0.6 is 11.6 Å². The molecule has 0 amide bonds. The molecular formula is C13H12ClN2O3-. The van der Waals surface area contributed by atoms with E-state index in [0.717, 1.165) is 5.56 Å². The van der Waals surface area contributed by atoms with E-state index in [4.69, 9.17) is 16.7 Å². The largest absolute Gasteiger partial charge is 0.545 e. The summed E-state index contributed by atoms with van der Waals surface area (Å²) in [5.74, 6) is -1.32. The van der Waals surface area contributed by atoms with Crippen LogP contribution in [-0.4, -0.2) is 29.2 Å². The van der Waals surface area contributed by atoms with Gasteiger partial charge in [0.25, 0.3) is 0 Å². The van der Waals surface area contributed by atoms with Crippen molar-refractivity contribution in [3.8, 4) is 0 Å². The zero-order valence-corrected chi connectivity index (χ0v) is 11.0. The molecule has 100 valence electrons. The summed E-state index contributed by atoms with van der Waals surface area (Å²) in [6.45, 7) is 1.94. The summed E-state index contributed by atoms with van der Waals surface area (Å²) < 4.78 is 0. The van der Waals surface area contributed by atoms with Gasteiger partial charge in [0.2, 0.25) is 0 Å². The summed E-state index contributed by atoms with van der Waals surface area (Å²) in [6, 6.07) is 3.38. The molecule has 0 atom stereocenters. The molecule has 0 unspecified atom stereocenters. The molecule has 19 heavy (non-hydrogen) atoms. The molecule has 0 radical (unpaired) electrons. The number of nitrogens with one attached hydrogen (secondary N) is 1. The molecule has 1 heterocycles. The highest BCUT2D eigenvalue weighted by Gasteiger charge is 2.12. The van der Waals surface area contributed by atoms with Crippen molar-refractivity contribution >= 4 is 34.2 Å². The minimum Gasteiger partial charge on any atom is -0.545 e. The lowest BCUT2D eigenvalue weighted by atomic mass is 10.1. The molecule has 5 nitrogen and oxygen atoms in total. The number of hydrogen-bond donors (Lipinski definition) is 2. The summed E-state index contributed by atoms with van der Waals surface area (Å²) in [5, 5.41) is 24.0. The SMILES string of the molecule is Cc1c(Cl)ccc2c(NCCO)c(C(=O)[O-])cnc12. The predicted octanol–water partition coefficient (Wildman–Crippen LogP) is 0.964. The lowest BCUT2D eigenvalue weighted by Gasteiger charge is -2.15. The first-order valence-corrected chi connectivity index (χ1v) is 6.08. The number of aryl methyl sites for hydroxylation is 1. The smallest absolute Gasteiger partial charge is 0.0767 e. The second kappa shape index (κ2) is 5.42. The summed E-state index contributed by atoms with van der Waals surface area (Å²) in [6.07, 6.45) is 1.24. The van der Waals surface area contributed by atoms with E-state index in [1.54, 1.807) is 12.1 Å². The number of aromatic carboxylic acids is 1. The van der Waals surface area contributed by atoms with Crippen molar-refractivity contribution in [3.05, 3.63) is 34.5 Å². The van der Waals surface area contributed by atoms with E-state index in [1.165, 1.54) is 6.20 Å². The highest BCUT2D eigenvalue weighted by atomic mass is 35.5. The first-order chi connectivity index (χ1) is 9.06. The highest BCUT2D eigenvalue weighted by Crippen LogP contribution is 2.30. The zero-order chi connectivity index (χ0) is 14.0. The molecule has 0 saturated carbocycles. The van der Waals surface area contributed by atoms with E-state index in [0.29, 0.717) is 21.6 Å². The number of hydrogen-bond acceptors (Lipinski definition) is 5. The fourth-order valence-electron chi connectivity index (χ4n) is 1.91. The Hall–Kier alpha value is -1.85. The van der Waals surface area contributed by atoms with Crippen LogP contribution in [-0.2, 0) is 0 Å². The van der Waals surface area contributed by atoms with Crippen molar-refractivity contribution in [2.45, 2.75) is 6.92 Å². The molecule has 0 aliphatic carbocycles. The normalized spacial score (nSPS) is 10.7. The van der Waals surface area contributed by atoms with Gasteiger partial charge >= 0.3 is 0 Å². The maximum atomic E-state index is 11.1. The van der Waals surface area contributed by atoms with Crippen molar-refractivity contribution in [3.63, 3.8) is 0 Å². The number of nitrogens with zero attached hydrogens (tertiary/aromatic N) is 1. The van der Waals surface area contributed by atoms with Crippen LogP contribution in [0.5, 0.6) is 0 Å². The Bertz CT molecular complexity index is 643. The van der Waals surface area contributed by atoms with E-state index in [-0.39, 0.29) is 18.7 Å². The Balaban J connectivity index is 2.72. The Kier molecular flexibility index (Phi) is 3.87. The average Bonchev–Trinajstić information content (AvgIpc) is 2.39. The standard InChI is InChI=1S/C13H13ClN2O3/c1-7-10(14)3-2-8-11(7)16-6-9(13(18)19)12(8)15-4-5-17/h2-3,6,17H,4-5H2,1H3,(H,15,16)(H,18,19)/p-1. The third kappa shape index (κ3) is 2.47. The van der Waals surface area contributed by atoms with Crippen LogP contribution in [0, 0.1) is 6.92 Å². The number of carbonyl (C=O) groups is 1. The molecule has 0 bridgehead atoms. The number of carboxylic acid groups (broad SMARTS) is 1. The molecule has 0 aliphatic rings. The number of benzene rings is 1. The zero-order valence-electron chi connectivity index (χ0n) is 10.2. The van der Waals surface area contributed by atoms with Crippen LogP contribution in [0.2, 0.25) is 5.02 Å². The maximum Gasteiger partial charge on any atom is 0.0767 e. The number of aliphatic hydroxyl groups is 1. The quantitative estimate of drug-likeness (QED) is 0.871. The van der Waals surface area contributed by atoms with Gasteiger partial charge in [-0.05, 0) is 24.6 Å². The molecule has 0 spiro atoms. The number of aromatic nitrogens is 1. The van der Waals surface area contributed by atoms with Gasteiger partial charge in [-0.1, -0.05) is 11.6 Å². The van der Waals surface area contributed by atoms with Gasteiger partial charge in [0.15, 0.2) is 0 Å². The molecule has 1 aromatic heterocycles. The monoisotopic (exact) mass is 279 g/mol. The molecule has 2 aromatic rings. The number of halogens is 1. The molecule has 0 saturated heterocycles. The van der Waals surface area contributed by atoms with Crippen molar-refractivity contribution in [2.75, 3.05) is 18.5 Å². The second-order valence-electron chi connectivity index (χ2n) is 4.05. The molecule has 6 heteroatoms. The van der Waals surface area contributed by atoms with E-state index in [1.807, 2.05) is 6.92 Å². The van der Waals surface area contributed by atoms with Crippen LogP contribution in [0.15, 0.2) is 18.3 Å². The molecule has 1 aromatic carbocycles. The lowest BCUT2D eigenvalue weighted by molar-refractivity contribution is -0.254. The Morgan fingerprint density at radius 3 is 2.89 bits per heavy atom. The minimum atomic E-state index is -1.32. The molecular weight excluding hydrogens is 268 g/mol.